The summed E-state index contributed by atoms with van der Waals surface area (Å²) in [6.07, 6.45) is 0. The molecular formula is C8H12ClN3O3S. The molecule has 2 amide bonds. The number of amides is 2. The summed E-state index contributed by atoms with van der Waals surface area (Å²) in [5.41, 5.74) is 2.60. The van der Waals surface area contributed by atoms with Gasteiger partial charge >= 0.3 is 6.03 Å². The molecule has 0 aromatic heterocycles. The Balaban J connectivity index is 0.00000225. The zero-order valence-electron chi connectivity index (χ0n) is 8.43. The molecule has 0 aliphatic heterocycles. The Labute approximate surface area is 99.6 Å². The van der Waals surface area contributed by atoms with E-state index in [4.69, 9.17) is 5.84 Å². The Morgan fingerprint density at radius 3 is 2.19 bits per heavy atom. The number of urea groups is 1. The van der Waals surface area contributed by atoms with E-state index in [2.05, 4.69) is 0 Å². The second kappa shape index (κ2) is 5.69. The normalized spacial score (nSPS) is 10.1. The van der Waals surface area contributed by atoms with Crippen molar-refractivity contribution in [3.8, 4) is 0 Å². The zero-order chi connectivity index (χ0) is 11.5. The fourth-order valence-electron chi connectivity index (χ4n) is 0.928. The number of carbonyl (C=O) groups excluding carboxylic acids is 1. The highest BCUT2D eigenvalue weighted by molar-refractivity contribution is 7.90. The quantitative estimate of drug-likeness (QED) is 0.406. The first-order valence-electron chi connectivity index (χ1n) is 4.06. The van der Waals surface area contributed by atoms with Crippen molar-refractivity contribution >= 4 is 28.5 Å². The third kappa shape index (κ3) is 3.69. The Kier molecular flexibility index (Phi) is 5.22. The second-order valence-corrected chi connectivity index (χ2v) is 4.57. The van der Waals surface area contributed by atoms with E-state index in [-0.39, 0.29) is 17.3 Å². The van der Waals surface area contributed by atoms with Crippen LogP contribution >= 0.6 is 12.4 Å². The van der Waals surface area contributed by atoms with E-state index in [1.165, 1.54) is 12.1 Å². The van der Waals surface area contributed by atoms with Crippen LogP contribution in [-0.2, 0) is 10.0 Å². The van der Waals surface area contributed by atoms with Crippen LogP contribution in [0.5, 0.6) is 0 Å². The minimum atomic E-state index is -3.83. The van der Waals surface area contributed by atoms with E-state index in [1.54, 1.807) is 22.3 Å². The summed E-state index contributed by atoms with van der Waals surface area (Å²) in [4.78, 5) is 10.8. The molecule has 6 nitrogen and oxygen atoms in total. The van der Waals surface area contributed by atoms with Crippen molar-refractivity contribution in [1.29, 1.82) is 0 Å². The predicted octanol–water partition coefficient (Wildman–Crippen LogP) is 0.278. The molecule has 0 aliphatic rings. The number of benzene rings is 1. The molecule has 1 aromatic carbocycles. The van der Waals surface area contributed by atoms with Gasteiger partial charge in [0, 0.05) is 0 Å². The maximum absolute atomic E-state index is 11.5. The number of rotatable bonds is 2. The zero-order valence-corrected chi connectivity index (χ0v) is 10.1. The molecular weight excluding hydrogens is 254 g/mol. The predicted molar refractivity (Wildman–Crippen MR) is 61.5 cm³/mol. The van der Waals surface area contributed by atoms with E-state index in [0.717, 1.165) is 5.56 Å². The Morgan fingerprint density at radius 1 is 1.25 bits per heavy atom. The maximum atomic E-state index is 11.5. The third-order valence-electron chi connectivity index (χ3n) is 1.69. The van der Waals surface area contributed by atoms with Gasteiger partial charge in [0.2, 0.25) is 0 Å². The van der Waals surface area contributed by atoms with Crippen LogP contribution in [-0.4, -0.2) is 14.4 Å². The van der Waals surface area contributed by atoms with Crippen molar-refractivity contribution in [3.05, 3.63) is 29.8 Å². The molecule has 0 bridgehead atoms. The number of hydrogen-bond donors (Lipinski definition) is 3. The fraction of sp³-hybridized carbons (Fsp3) is 0.125. The molecule has 1 rings (SSSR count). The summed E-state index contributed by atoms with van der Waals surface area (Å²) in [5, 5.41) is 0. The van der Waals surface area contributed by atoms with Gasteiger partial charge in [0.05, 0.1) is 4.90 Å². The lowest BCUT2D eigenvalue weighted by Crippen LogP contribution is -2.42. The van der Waals surface area contributed by atoms with E-state index in [0.29, 0.717) is 0 Å². The molecule has 16 heavy (non-hydrogen) atoms. The minimum absolute atomic E-state index is 0. The van der Waals surface area contributed by atoms with Crippen molar-refractivity contribution < 1.29 is 13.2 Å². The van der Waals surface area contributed by atoms with Crippen molar-refractivity contribution in [2.75, 3.05) is 0 Å². The van der Waals surface area contributed by atoms with Gasteiger partial charge in [-0.05, 0) is 19.1 Å². The monoisotopic (exact) mass is 265 g/mol. The van der Waals surface area contributed by atoms with Crippen LogP contribution in [0.4, 0.5) is 4.79 Å². The van der Waals surface area contributed by atoms with Crippen molar-refractivity contribution in [2.45, 2.75) is 11.8 Å². The smallest absolute Gasteiger partial charge is 0.275 e. The number of halogens is 1. The van der Waals surface area contributed by atoms with Crippen molar-refractivity contribution in [3.63, 3.8) is 0 Å². The molecule has 0 aliphatic carbocycles. The molecule has 0 saturated carbocycles. The Hall–Kier alpha value is -1.31. The van der Waals surface area contributed by atoms with Crippen LogP contribution in [0, 0.1) is 6.92 Å². The molecule has 0 heterocycles. The first kappa shape index (κ1) is 14.7. The average molecular weight is 266 g/mol. The van der Waals surface area contributed by atoms with E-state index >= 15 is 0 Å². The van der Waals surface area contributed by atoms with Crippen LogP contribution < -0.4 is 16.0 Å². The summed E-state index contributed by atoms with van der Waals surface area (Å²) in [6, 6.07) is 5.10. The van der Waals surface area contributed by atoms with Gasteiger partial charge in [-0.1, -0.05) is 17.7 Å². The number of sulfonamides is 1. The fourth-order valence-corrected chi connectivity index (χ4v) is 1.84. The maximum Gasteiger partial charge on any atom is 0.342 e. The number of hydrogen-bond acceptors (Lipinski definition) is 4. The molecule has 0 unspecified atom stereocenters. The molecule has 4 N–H and O–H groups in total. The molecule has 0 atom stereocenters. The van der Waals surface area contributed by atoms with Gasteiger partial charge in [-0.3, -0.25) is 5.43 Å². The molecule has 0 saturated heterocycles. The summed E-state index contributed by atoms with van der Waals surface area (Å²) in [6.45, 7) is 1.83. The minimum Gasteiger partial charge on any atom is -0.275 e. The molecule has 0 spiro atoms. The largest absolute Gasteiger partial charge is 0.342 e. The van der Waals surface area contributed by atoms with Gasteiger partial charge in [-0.25, -0.2) is 23.8 Å². The van der Waals surface area contributed by atoms with Gasteiger partial charge in [-0.2, -0.15) is 0 Å². The Bertz CT molecular complexity index is 458. The summed E-state index contributed by atoms with van der Waals surface area (Å²) >= 11 is 0. The summed E-state index contributed by atoms with van der Waals surface area (Å²) in [7, 11) is -3.83. The van der Waals surface area contributed by atoms with E-state index < -0.39 is 16.1 Å². The summed E-state index contributed by atoms with van der Waals surface area (Å²) < 4.78 is 24.7. The number of hydrazine groups is 1. The molecule has 90 valence electrons. The van der Waals surface area contributed by atoms with Crippen LogP contribution in [0.3, 0.4) is 0 Å². The SMILES string of the molecule is Cc1ccc(S(=O)(=O)NC(=O)NN)cc1.Cl. The molecule has 1 aromatic rings. The summed E-state index contributed by atoms with van der Waals surface area (Å²) in [5.74, 6) is 4.75. The number of aryl methyl sites for hydroxylation is 1. The van der Waals surface area contributed by atoms with Crippen molar-refractivity contribution in [2.24, 2.45) is 5.84 Å². The van der Waals surface area contributed by atoms with Crippen molar-refractivity contribution in [1.82, 2.24) is 10.1 Å². The molecule has 8 heteroatoms. The lowest BCUT2D eigenvalue weighted by molar-refractivity contribution is 0.246. The molecule has 0 fully saturated rings. The van der Waals surface area contributed by atoms with E-state index in [9.17, 15) is 13.2 Å². The van der Waals surface area contributed by atoms with Gasteiger partial charge in [-0.15, -0.1) is 12.4 Å². The van der Waals surface area contributed by atoms with Gasteiger partial charge < -0.3 is 0 Å². The van der Waals surface area contributed by atoms with Crippen LogP contribution in [0.25, 0.3) is 0 Å². The van der Waals surface area contributed by atoms with Gasteiger partial charge in [0.1, 0.15) is 0 Å². The first-order valence-corrected chi connectivity index (χ1v) is 5.54. The highest BCUT2D eigenvalue weighted by Crippen LogP contribution is 2.09. The number of nitrogens with two attached hydrogens (primary N) is 1. The van der Waals surface area contributed by atoms with Gasteiger partial charge in [0.25, 0.3) is 10.0 Å². The highest BCUT2D eigenvalue weighted by Gasteiger charge is 2.16. The van der Waals surface area contributed by atoms with Gasteiger partial charge in [0.15, 0.2) is 0 Å². The molecule has 0 radical (unpaired) electrons. The number of carbonyl (C=O) groups is 1. The van der Waals surface area contributed by atoms with Crippen LogP contribution in [0.15, 0.2) is 29.2 Å². The lowest BCUT2D eigenvalue weighted by atomic mass is 10.2. The standard InChI is InChI=1S/C8H11N3O3S.ClH/c1-6-2-4-7(5-3-6)15(13,14)11-8(12)10-9;/h2-5H,9H2,1H3,(H2,10,11,12);1H. The highest BCUT2D eigenvalue weighted by atomic mass is 35.5. The third-order valence-corrected chi connectivity index (χ3v) is 3.04. The second-order valence-electron chi connectivity index (χ2n) is 2.89. The first-order chi connectivity index (χ1) is 6.95. The number of nitrogens with one attached hydrogen (secondary N) is 2. The van der Waals surface area contributed by atoms with E-state index in [1.807, 2.05) is 6.92 Å². The Morgan fingerprint density at radius 2 is 1.75 bits per heavy atom. The topological polar surface area (TPSA) is 101 Å². The average Bonchev–Trinajstić information content (AvgIpc) is 2.17. The lowest BCUT2D eigenvalue weighted by Gasteiger charge is -2.05. The van der Waals surface area contributed by atoms with Crippen LogP contribution in [0.1, 0.15) is 5.56 Å². The van der Waals surface area contributed by atoms with Crippen LogP contribution in [0.2, 0.25) is 0 Å².